The van der Waals surface area contributed by atoms with Crippen molar-refractivity contribution in [2.24, 2.45) is 0 Å². The maximum absolute atomic E-state index is 10.8. The van der Waals surface area contributed by atoms with Crippen LogP contribution in [-0.4, -0.2) is 20.9 Å². The monoisotopic (exact) mass is 244 g/mol. The van der Waals surface area contributed by atoms with Gasteiger partial charge in [0.2, 0.25) is 0 Å². The first-order valence-corrected chi connectivity index (χ1v) is 5.58. The standard InChI is InChI=1S/C7H8N2O.C7H8O/c1-5-7(6(2)10)9-4-3-8-5;8-6-7-4-2-1-3-5-7/h3-4H,1-2H3;1-5,8H,6H2. The molecule has 0 spiro atoms. The van der Waals surface area contributed by atoms with Gasteiger partial charge in [-0.1, -0.05) is 30.3 Å². The van der Waals surface area contributed by atoms with Crippen molar-refractivity contribution in [1.29, 1.82) is 0 Å². The molecule has 0 aliphatic rings. The third kappa shape index (κ3) is 4.43. The van der Waals surface area contributed by atoms with Crippen LogP contribution in [-0.2, 0) is 6.61 Å². The molecule has 1 heterocycles. The van der Waals surface area contributed by atoms with E-state index in [4.69, 9.17) is 5.11 Å². The molecule has 0 bridgehead atoms. The molecule has 4 heteroatoms. The maximum atomic E-state index is 10.8. The molecule has 0 aliphatic carbocycles. The molecule has 1 N–H and O–H groups in total. The average Bonchev–Trinajstić information content (AvgIpc) is 2.40. The zero-order chi connectivity index (χ0) is 13.4. The summed E-state index contributed by atoms with van der Waals surface area (Å²) in [5.74, 6) is -0.0365. The second-order valence-corrected chi connectivity index (χ2v) is 3.69. The molecule has 94 valence electrons. The van der Waals surface area contributed by atoms with Crippen molar-refractivity contribution < 1.29 is 9.90 Å². The Bertz CT molecular complexity index is 498. The van der Waals surface area contributed by atoms with Crippen LogP contribution in [0.15, 0.2) is 42.7 Å². The molecule has 2 aromatic rings. The van der Waals surface area contributed by atoms with E-state index in [2.05, 4.69) is 9.97 Å². The number of carbonyl (C=O) groups is 1. The highest BCUT2D eigenvalue weighted by Gasteiger charge is 2.03. The molecule has 0 saturated carbocycles. The fourth-order valence-electron chi connectivity index (χ4n) is 1.34. The Morgan fingerprint density at radius 3 is 2.17 bits per heavy atom. The predicted octanol–water partition coefficient (Wildman–Crippen LogP) is 2.17. The number of Topliss-reactive ketones (excluding diaryl/α,β-unsaturated/α-hetero) is 1. The lowest BCUT2D eigenvalue weighted by molar-refractivity contribution is 0.101. The lowest BCUT2D eigenvalue weighted by Gasteiger charge is -1.95. The van der Waals surface area contributed by atoms with Gasteiger partial charge in [0.05, 0.1) is 12.3 Å². The van der Waals surface area contributed by atoms with E-state index in [9.17, 15) is 4.79 Å². The third-order valence-corrected chi connectivity index (χ3v) is 2.24. The number of nitrogens with zero attached hydrogens (tertiary/aromatic N) is 2. The highest BCUT2D eigenvalue weighted by molar-refractivity contribution is 5.92. The number of benzene rings is 1. The minimum absolute atomic E-state index is 0.0365. The van der Waals surface area contributed by atoms with Crippen LogP contribution in [0.2, 0.25) is 0 Å². The number of aromatic nitrogens is 2. The summed E-state index contributed by atoms with van der Waals surface area (Å²) in [6.45, 7) is 3.39. The van der Waals surface area contributed by atoms with Crippen LogP contribution in [0, 0.1) is 6.92 Å². The smallest absolute Gasteiger partial charge is 0.179 e. The van der Waals surface area contributed by atoms with Gasteiger partial charge in [-0.15, -0.1) is 0 Å². The van der Waals surface area contributed by atoms with Crippen LogP contribution in [0.1, 0.15) is 28.7 Å². The Hall–Kier alpha value is -2.07. The van der Waals surface area contributed by atoms with Crippen molar-refractivity contribution in [3.8, 4) is 0 Å². The molecule has 0 saturated heterocycles. The fraction of sp³-hybridized carbons (Fsp3) is 0.214. The van der Waals surface area contributed by atoms with E-state index in [-0.39, 0.29) is 12.4 Å². The van der Waals surface area contributed by atoms with Gasteiger partial charge in [0.25, 0.3) is 0 Å². The number of hydrogen-bond acceptors (Lipinski definition) is 4. The van der Waals surface area contributed by atoms with Gasteiger partial charge in [-0.05, 0) is 12.5 Å². The minimum atomic E-state index is -0.0365. The van der Waals surface area contributed by atoms with E-state index in [0.717, 1.165) is 5.56 Å². The SMILES string of the molecule is CC(=O)c1nccnc1C.OCc1ccccc1. The van der Waals surface area contributed by atoms with Crippen molar-refractivity contribution in [2.45, 2.75) is 20.5 Å². The van der Waals surface area contributed by atoms with Crippen molar-refractivity contribution in [3.63, 3.8) is 0 Å². The summed E-state index contributed by atoms with van der Waals surface area (Å²) in [4.78, 5) is 18.5. The summed E-state index contributed by atoms with van der Waals surface area (Å²) in [5, 5.41) is 8.54. The van der Waals surface area contributed by atoms with Crippen LogP contribution in [0.5, 0.6) is 0 Å². The molecule has 0 unspecified atom stereocenters. The molecule has 18 heavy (non-hydrogen) atoms. The topological polar surface area (TPSA) is 63.1 Å². The quantitative estimate of drug-likeness (QED) is 0.822. The largest absolute Gasteiger partial charge is 0.392 e. The van der Waals surface area contributed by atoms with E-state index in [1.54, 1.807) is 13.1 Å². The number of rotatable bonds is 2. The summed E-state index contributed by atoms with van der Waals surface area (Å²) in [6, 6.07) is 9.52. The van der Waals surface area contributed by atoms with Crippen LogP contribution < -0.4 is 0 Å². The number of aryl methyl sites for hydroxylation is 1. The van der Waals surface area contributed by atoms with Gasteiger partial charge in [0.15, 0.2) is 5.78 Å². The number of aliphatic hydroxyl groups is 1. The number of aliphatic hydroxyl groups excluding tert-OH is 1. The molecule has 0 aliphatic heterocycles. The van der Waals surface area contributed by atoms with Crippen LogP contribution in [0.25, 0.3) is 0 Å². The van der Waals surface area contributed by atoms with Crippen molar-refractivity contribution in [1.82, 2.24) is 9.97 Å². The molecular formula is C14H16N2O2. The van der Waals surface area contributed by atoms with E-state index >= 15 is 0 Å². The van der Waals surface area contributed by atoms with Gasteiger partial charge in [-0.2, -0.15) is 0 Å². The van der Waals surface area contributed by atoms with E-state index < -0.39 is 0 Å². The molecule has 1 aromatic heterocycles. The van der Waals surface area contributed by atoms with Gasteiger partial charge in [0, 0.05) is 19.3 Å². The van der Waals surface area contributed by atoms with Crippen molar-refractivity contribution in [3.05, 3.63) is 59.7 Å². The molecule has 2 rings (SSSR count). The zero-order valence-corrected chi connectivity index (χ0v) is 10.5. The van der Waals surface area contributed by atoms with Gasteiger partial charge >= 0.3 is 0 Å². The summed E-state index contributed by atoms with van der Waals surface area (Å²) in [5.41, 5.74) is 2.12. The number of carbonyl (C=O) groups excluding carboxylic acids is 1. The Morgan fingerprint density at radius 1 is 1.17 bits per heavy atom. The van der Waals surface area contributed by atoms with Crippen molar-refractivity contribution >= 4 is 5.78 Å². The molecule has 0 radical (unpaired) electrons. The first-order valence-electron chi connectivity index (χ1n) is 5.58. The predicted molar refractivity (Wildman–Crippen MR) is 69.1 cm³/mol. The highest BCUT2D eigenvalue weighted by atomic mass is 16.3. The first kappa shape index (κ1) is 14.0. The van der Waals surface area contributed by atoms with E-state index in [0.29, 0.717) is 11.4 Å². The third-order valence-electron chi connectivity index (χ3n) is 2.24. The van der Waals surface area contributed by atoms with Crippen LogP contribution >= 0.6 is 0 Å². The fourth-order valence-corrected chi connectivity index (χ4v) is 1.34. The van der Waals surface area contributed by atoms with Gasteiger partial charge in [-0.3, -0.25) is 9.78 Å². The summed E-state index contributed by atoms with van der Waals surface area (Å²) < 4.78 is 0. The minimum Gasteiger partial charge on any atom is -0.392 e. The molecule has 4 nitrogen and oxygen atoms in total. The van der Waals surface area contributed by atoms with Crippen molar-refractivity contribution in [2.75, 3.05) is 0 Å². The summed E-state index contributed by atoms with van der Waals surface area (Å²) in [7, 11) is 0. The Kier molecular flexibility index (Phi) is 5.67. The van der Waals surface area contributed by atoms with E-state index in [1.807, 2.05) is 30.3 Å². The van der Waals surface area contributed by atoms with Crippen LogP contribution in [0.3, 0.4) is 0 Å². The van der Waals surface area contributed by atoms with Gasteiger partial charge < -0.3 is 5.11 Å². The lowest BCUT2D eigenvalue weighted by atomic mass is 10.2. The summed E-state index contributed by atoms with van der Waals surface area (Å²) in [6.07, 6.45) is 3.09. The maximum Gasteiger partial charge on any atom is 0.179 e. The molecule has 0 amide bonds. The Morgan fingerprint density at radius 2 is 1.78 bits per heavy atom. The second-order valence-electron chi connectivity index (χ2n) is 3.69. The lowest BCUT2D eigenvalue weighted by Crippen LogP contribution is -2.00. The van der Waals surface area contributed by atoms with E-state index in [1.165, 1.54) is 13.1 Å². The Labute approximate surface area is 106 Å². The van der Waals surface area contributed by atoms with Crippen LogP contribution in [0.4, 0.5) is 0 Å². The second kappa shape index (κ2) is 7.29. The first-order chi connectivity index (χ1) is 8.65. The molecule has 0 fully saturated rings. The molecular weight excluding hydrogens is 228 g/mol. The molecule has 0 atom stereocenters. The zero-order valence-electron chi connectivity index (χ0n) is 10.5. The highest BCUT2D eigenvalue weighted by Crippen LogP contribution is 1.98. The normalized spacial score (nSPS) is 9.28. The number of hydrogen-bond donors (Lipinski definition) is 1. The average molecular weight is 244 g/mol. The summed E-state index contributed by atoms with van der Waals surface area (Å²) >= 11 is 0. The van der Waals surface area contributed by atoms with Gasteiger partial charge in [-0.25, -0.2) is 4.98 Å². The Balaban J connectivity index is 0.000000184. The molecule has 1 aromatic carbocycles. The van der Waals surface area contributed by atoms with Gasteiger partial charge in [0.1, 0.15) is 5.69 Å². The number of ketones is 1.